The average Bonchev–Trinajstić information content (AvgIpc) is 3.15. The zero-order valence-corrected chi connectivity index (χ0v) is 19.9. The molecule has 1 fully saturated rings. The van der Waals surface area contributed by atoms with Crippen LogP contribution in [-0.2, 0) is 19.2 Å². The average molecular weight is 503 g/mol. The molecule has 0 radical (unpaired) electrons. The molecule has 182 valence electrons. The minimum absolute atomic E-state index is 0.0498. The van der Waals surface area contributed by atoms with Gasteiger partial charge in [0.25, 0.3) is 0 Å². The number of hydrogen-bond donors (Lipinski definition) is 2. The van der Waals surface area contributed by atoms with Gasteiger partial charge < -0.3 is 10.4 Å². The fraction of sp³-hybridized carbons (Fsp3) is 0.154. The molecule has 1 aliphatic heterocycles. The Labute approximate surface area is 211 Å². The predicted octanol–water partition coefficient (Wildman–Crippen LogP) is 5.33. The van der Waals surface area contributed by atoms with Crippen LogP contribution in [0.25, 0.3) is 0 Å². The van der Waals surface area contributed by atoms with Gasteiger partial charge in [0.2, 0.25) is 17.7 Å². The van der Waals surface area contributed by atoms with E-state index >= 15 is 0 Å². The van der Waals surface area contributed by atoms with Crippen molar-refractivity contribution in [1.29, 1.82) is 0 Å². The first kappa shape index (κ1) is 24.8. The molecule has 0 unspecified atom stereocenters. The molecule has 1 atom stereocenters. The van der Waals surface area contributed by atoms with Crippen molar-refractivity contribution in [1.82, 2.24) is 0 Å². The Morgan fingerprint density at radius 3 is 2.31 bits per heavy atom. The van der Waals surface area contributed by atoms with Crippen molar-refractivity contribution < 1.29 is 24.3 Å². The highest BCUT2D eigenvalue weighted by molar-refractivity contribution is 8.00. The van der Waals surface area contributed by atoms with Crippen molar-refractivity contribution in [3.8, 4) is 0 Å². The van der Waals surface area contributed by atoms with E-state index in [0.29, 0.717) is 22.0 Å². The number of amides is 3. The molecule has 0 saturated carbocycles. The number of nitrogens with one attached hydrogen (secondary N) is 1. The number of azo groups is 1. The number of hydrogen-bond acceptors (Lipinski definition) is 7. The number of carbonyl (C=O) groups is 4. The molecule has 1 saturated heterocycles. The maximum absolute atomic E-state index is 13.0. The van der Waals surface area contributed by atoms with Gasteiger partial charge in [-0.3, -0.25) is 19.2 Å². The lowest BCUT2D eigenvalue weighted by molar-refractivity contribution is -0.138. The highest BCUT2D eigenvalue weighted by Gasteiger charge is 2.40. The molecule has 1 heterocycles. The SMILES string of the molecule is O=C(O)CCC(=O)Nc1cccc(S[C@H]2CC(=O)N(c3ccc(N=Nc4ccccc4)cc3)C2=O)c1. The molecular formula is C26H22N4O5S. The molecule has 4 rings (SSSR count). The molecule has 0 aliphatic carbocycles. The molecule has 3 amide bonds. The summed E-state index contributed by atoms with van der Waals surface area (Å²) in [5, 5.41) is 19.1. The Morgan fingerprint density at radius 1 is 0.917 bits per heavy atom. The number of thioether (sulfide) groups is 1. The zero-order valence-electron chi connectivity index (χ0n) is 19.0. The number of anilines is 2. The quantitative estimate of drug-likeness (QED) is 0.301. The second-order valence-corrected chi connectivity index (χ2v) is 9.18. The van der Waals surface area contributed by atoms with Crippen LogP contribution in [0.2, 0.25) is 0 Å². The Bertz CT molecular complexity index is 1310. The largest absolute Gasteiger partial charge is 0.481 e. The summed E-state index contributed by atoms with van der Waals surface area (Å²) in [7, 11) is 0. The molecule has 0 bridgehead atoms. The molecule has 0 aromatic heterocycles. The Kier molecular flexibility index (Phi) is 7.86. The van der Waals surface area contributed by atoms with Crippen molar-refractivity contribution >= 4 is 58.2 Å². The molecule has 3 aromatic carbocycles. The minimum Gasteiger partial charge on any atom is -0.481 e. The van der Waals surface area contributed by atoms with E-state index in [-0.39, 0.29) is 31.1 Å². The summed E-state index contributed by atoms with van der Waals surface area (Å²) in [6.45, 7) is 0. The number of aliphatic carboxylic acids is 1. The molecule has 3 aromatic rings. The van der Waals surface area contributed by atoms with Crippen LogP contribution >= 0.6 is 11.8 Å². The van der Waals surface area contributed by atoms with E-state index in [2.05, 4.69) is 15.5 Å². The second-order valence-electron chi connectivity index (χ2n) is 7.90. The number of benzene rings is 3. The van der Waals surface area contributed by atoms with Gasteiger partial charge in [-0.15, -0.1) is 11.8 Å². The zero-order chi connectivity index (χ0) is 25.5. The van der Waals surface area contributed by atoms with Gasteiger partial charge in [-0.2, -0.15) is 10.2 Å². The summed E-state index contributed by atoms with van der Waals surface area (Å²) < 4.78 is 0. The predicted molar refractivity (Wildman–Crippen MR) is 136 cm³/mol. The van der Waals surface area contributed by atoms with Crippen molar-refractivity contribution in [2.75, 3.05) is 10.2 Å². The van der Waals surface area contributed by atoms with Crippen molar-refractivity contribution in [3.05, 3.63) is 78.9 Å². The molecular weight excluding hydrogens is 480 g/mol. The first-order valence-corrected chi connectivity index (χ1v) is 12.0. The molecule has 10 heteroatoms. The minimum atomic E-state index is -1.05. The summed E-state index contributed by atoms with van der Waals surface area (Å²) in [6.07, 6.45) is -0.344. The van der Waals surface area contributed by atoms with Crippen LogP contribution in [0.1, 0.15) is 19.3 Å². The van der Waals surface area contributed by atoms with Crippen LogP contribution < -0.4 is 10.2 Å². The van der Waals surface area contributed by atoms with Crippen LogP contribution in [0.5, 0.6) is 0 Å². The maximum Gasteiger partial charge on any atom is 0.303 e. The lowest BCUT2D eigenvalue weighted by atomic mass is 10.2. The fourth-order valence-electron chi connectivity index (χ4n) is 3.50. The van der Waals surface area contributed by atoms with Gasteiger partial charge in [0.15, 0.2) is 0 Å². The van der Waals surface area contributed by atoms with E-state index < -0.39 is 17.1 Å². The maximum atomic E-state index is 13.0. The third-order valence-electron chi connectivity index (χ3n) is 5.21. The van der Waals surface area contributed by atoms with Crippen LogP contribution in [-0.4, -0.2) is 34.0 Å². The van der Waals surface area contributed by atoms with E-state index in [1.807, 2.05) is 30.3 Å². The number of carbonyl (C=O) groups excluding carboxylic acids is 3. The number of nitrogens with zero attached hydrogens (tertiary/aromatic N) is 3. The summed E-state index contributed by atoms with van der Waals surface area (Å²) in [5.74, 6) is -2.08. The normalized spacial score (nSPS) is 15.4. The highest BCUT2D eigenvalue weighted by Crippen LogP contribution is 2.35. The summed E-state index contributed by atoms with van der Waals surface area (Å²) in [5.41, 5.74) is 2.26. The third-order valence-corrected chi connectivity index (χ3v) is 6.39. The van der Waals surface area contributed by atoms with Gasteiger partial charge in [0, 0.05) is 23.4 Å². The Hall–Kier alpha value is -4.31. The van der Waals surface area contributed by atoms with Crippen LogP contribution in [0, 0.1) is 0 Å². The lowest BCUT2D eigenvalue weighted by Crippen LogP contribution is -2.31. The molecule has 36 heavy (non-hydrogen) atoms. The van der Waals surface area contributed by atoms with E-state index in [4.69, 9.17) is 5.11 Å². The van der Waals surface area contributed by atoms with Crippen LogP contribution in [0.3, 0.4) is 0 Å². The van der Waals surface area contributed by atoms with Crippen molar-refractivity contribution in [2.45, 2.75) is 29.4 Å². The lowest BCUT2D eigenvalue weighted by Gasteiger charge is -2.15. The second kappa shape index (κ2) is 11.4. The van der Waals surface area contributed by atoms with Gasteiger partial charge in [-0.25, -0.2) is 4.90 Å². The molecule has 2 N–H and O–H groups in total. The van der Waals surface area contributed by atoms with E-state index in [1.165, 1.54) is 16.7 Å². The van der Waals surface area contributed by atoms with E-state index in [0.717, 1.165) is 5.69 Å². The van der Waals surface area contributed by atoms with Crippen molar-refractivity contribution in [2.24, 2.45) is 10.2 Å². The topological polar surface area (TPSA) is 128 Å². The molecule has 1 aliphatic rings. The molecule has 9 nitrogen and oxygen atoms in total. The monoisotopic (exact) mass is 502 g/mol. The van der Waals surface area contributed by atoms with Crippen LogP contribution in [0.4, 0.5) is 22.7 Å². The first-order valence-electron chi connectivity index (χ1n) is 11.1. The number of carboxylic acids is 1. The molecule has 0 spiro atoms. The Balaban J connectivity index is 1.39. The summed E-state index contributed by atoms with van der Waals surface area (Å²) >= 11 is 1.24. The van der Waals surface area contributed by atoms with Gasteiger partial charge in [0.05, 0.1) is 28.7 Å². The summed E-state index contributed by atoms with van der Waals surface area (Å²) in [6, 6.07) is 22.9. The van der Waals surface area contributed by atoms with Crippen molar-refractivity contribution in [3.63, 3.8) is 0 Å². The number of carboxylic acid groups (broad SMARTS) is 1. The first-order chi connectivity index (χ1) is 17.4. The highest BCUT2D eigenvalue weighted by atomic mass is 32.2. The van der Waals surface area contributed by atoms with E-state index in [9.17, 15) is 19.2 Å². The van der Waals surface area contributed by atoms with Crippen LogP contribution in [0.15, 0.2) is 94.0 Å². The van der Waals surface area contributed by atoms with E-state index in [1.54, 1.807) is 48.5 Å². The number of imide groups is 1. The van der Waals surface area contributed by atoms with Gasteiger partial charge >= 0.3 is 5.97 Å². The van der Waals surface area contributed by atoms with Gasteiger partial charge in [0.1, 0.15) is 0 Å². The smallest absolute Gasteiger partial charge is 0.303 e. The van der Waals surface area contributed by atoms with Gasteiger partial charge in [-0.05, 0) is 54.6 Å². The summed E-state index contributed by atoms with van der Waals surface area (Å²) in [4.78, 5) is 50.1. The number of rotatable bonds is 9. The Morgan fingerprint density at radius 2 is 1.61 bits per heavy atom. The standard InChI is InChI=1S/C26H22N4O5S/c31-23(13-14-25(33)34)27-19-7-4-8-21(15-19)36-22-16-24(32)30(26(22)35)20-11-9-18(10-12-20)29-28-17-5-2-1-3-6-17/h1-12,15,22H,13-14,16H2,(H,27,31)(H,33,34)/t22-/m0/s1. The fourth-order valence-corrected chi connectivity index (χ4v) is 4.61. The van der Waals surface area contributed by atoms with Gasteiger partial charge in [-0.1, -0.05) is 24.3 Å². The third kappa shape index (κ3) is 6.42.